The molecule has 2 atom stereocenters. The lowest BCUT2D eigenvalue weighted by atomic mass is 9.68. The fraction of sp³-hybridized carbons (Fsp3) is 1.00. The molecule has 120 valence electrons. The van der Waals surface area contributed by atoms with E-state index < -0.39 is 9.28 Å². The van der Waals surface area contributed by atoms with Gasteiger partial charge in [-0.1, -0.05) is 13.8 Å². The van der Waals surface area contributed by atoms with Gasteiger partial charge in [0.15, 0.2) is 0 Å². The SMILES string of the molecule is CCOC(CC(CC)(OC)C1(C)COC1)[SiH](OC)OC. The lowest BCUT2D eigenvalue weighted by molar-refractivity contribution is -0.233. The molecule has 0 bridgehead atoms. The van der Waals surface area contributed by atoms with Crippen LogP contribution in [0.15, 0.2) is 0 Å². The second-order valence-corrected chi connectivity index (χ2v) is 8.07. The summed E-state index contributed by atoms with van der Waals surface area (Å²) >= 11 is 0. The third-order valence-electron chi connectivity index (χ3n) is 4.58. The highest BCUT2D eigenvalue weighted by Crippen LogP contribution is 2.46. The van der Waals surface area contributed by atoms with Crippen LogP contribution in [0.1, 0.15) is 33.6 Å². The van der Waals surface area contributed by atoms with Crippen molar-refractivity contribution in [2.24, 2.45) is 5.41 Å². The number of hydrogen-bond donors (Lipinski definition) is 0. The minimum atomic E-state index is -1.85. The van der Waals surface area contributed by atoms with E-state index >= 15 is 0 Å². The van der Waals surface area contributed by atoms with Gasteiger partial charge in [0, 0.05) is 39.8 Å². The Labute approximate surface area is 124 Å². The molecule has 1 saturated heterocycles. The zero-order chi connectivity index (χ0) is 15.2. The van der Waals surface area contributed by atoms with Crippen molar-refractivity contribution in [2.45, 2.75) is 44.9 Å². The maximum Gasteiger partial charge on any atom is 0.351 e. The fourth-order valence-corrected chi connectivity index (χ4v) is 4.86. The van der Waals surface area contributed by atoms with Crippen LogP contribution in [0, 0.1) is 5.41 Å². The van der Waals surface area contributed by atoms with Crippen LogP contribution in [0.25, 0.3) is 0 Å². The normalized spacial score (nSPS) is 22.4. The standard InChI is InChI=1S/C14H30O5Si/c1-7-14(15-4,13(3)10-18-11-13)9-12(19-8-2)20(16-5)17-6/h12,20H,7-11H2,1-6H3. The van der Waals surface area contributed by atoms with Crippen LogP contribution in [-0.4, -0.2) is 61.8 Å². The molecule has 0 aromatic rings. The van der Waals surface area contributed by atoms with E-state index in [9.17, 15) is 0 Å². The van der Waals surface area contributed by atoms with Crippen LogP contribution >= 0.6 is 0 Å². The Hall–Kier alpha value is 0.0169. The van der Waals surface area contributed by atoms with Gasteiger partial charge < -0.3 is 23.1 Å². The van der Waals surface area contributed by atoms with E-state index in [1.807, 2.05) is 6.92 Å². The minimum Gasteiger partial charge on any atom is -0.398 e. The molecule has 2 unspecified atom stereocenters. The second-order valence-electron chi connectivity index (χ2n) is 5.64. The molecule has 0 spiro atoms. The second kappa shape index (κ2) is 7.86. The number of methoxy groups -OCH3 is 1. The first kappa shape index (κ1) is 18.1. The number of hydrogen-bond acceptors (Lipinski definition) is 5. The summed E-state index contributed by atoms with van der Waals surface area (Å²) in [4.78, 5) is 0. The van der Waals surface area contributed by atoms with Crippen LogP contribution in [0.5, 0.6) is 0 Å². The van der Waals surface area contributed by atoms with Gasteiger partial charge >= 0.3 is 9.28 Å². The van der Waals surface area contributed by atoms with E-state index in [1.165, 1.54) is 0 Å². The Morgan fingerprint density at radius 2 is 1.80 bits per heavy atom. The Kier molecular flexibility index (Phi) is 7.10. The van der Waals surface area contributed by atoms with Crippen molar-refractivity contribution >= 4 is 9.28 Å². The molecule has 6 heteroatoms. The zero-order valence-corrected chi connectivity index (χ0v) is 14.9. The van der Waals surface area contributed by atoms with Crippen molar-refractivity contribution in [3.05, 3.63) is 0 Å². The van der Waals surface area contributed by atoms with Crippen LogP contribution in [0.4, 0.5) is 0 Å². The molecule has 20 heavy (non-hydrogen) atoms. The summed E-state index contributed by atoms with van der Waals surface area (Å²) in [6.45, 7) is 8.50. The molecule has 1 aliphatic rings. The summed E-state index contributed by atoms with van der Waals surface area (Å²) in [5.74, 6) is 0. The third-order valence-corrected chi connectivity index (χ3v) is 6.55. The molecule has 0 N–H and O–H groups in total. The van der Waals surface area contributed by atoms with E-state index in [1.54, 1.807) is 21.3 Å². The number of rotatable bonds is 10. The van der Waals surface area contributed by atoms with Crippen molar-refractivity contribution in [1.29, 1.82) is 0 Å². The predicted molar refractivity (Wildman–Crippen MR) is 80.2 cm³/mol. The lowest BCUT2D eigenvalue weighted by Crippen LogP contribution is -2.61. The van der Waals surface area contributed by atoms with E-state index in [0.717, 1.165) is 26.1 Å². The van der Waals surface area contributed by atoms with E-state index in [0.29, 0.717) is 6.61 Å². The average Bonchev–Trinajstić information content (AvgIpc) is 2.43. The highest BCUT2D eigenvalue weighted by Gasteiger charge is 2.54. The van der Waals surface area contributed by atoms with Crippen molar-refractivity contribution in [1.82, 2.24) is 0 Å². The van der Waals surface area contributed by atoms with Crippen LogP contribution < -0.4 is 0 Å². The maximum absolute atomic E-state index is 5.96. The van der Waals surface area contributed by atoms with Gasteiger partial charge in [-0.2, -0.15) is 0 Å². The van der Waals surface area contributed by atoms with Gasteiger partial charge in [0.25, 0.3) is 0 Å². The summed E-state index contributed by atoms with van der Waals surface area (Å²) in [7, 11) is 3.32. The lowest BCUT2D eigenvalue weighted by Gasteiger charge is -2.53. The van der Waals surface area contributed by atoms with Crippen molar-refractivity contribution in [2.75, 3.05) is 41.2 Å². The first-order chi connectivity index (χ1) is 9.52. The molecule has 0 saturated carbocycles. The molecule has 0 aromatic heterocycles. The molecule has 0 aliphatic carbocycles. The Balaban J connectivity index is 2.90. The van der Waals surface area contributed by atoms with Gasteiger partial charge in [0.1, 0.15) is 5.73 Å². The molecule has 0 aromatic carbocycles. The monoisotopic (exact) mass is 306 g/mol. The molecule has 1 aliphatic heterocycles. The van der Waals surface area contributed by atoms with E-state index in [4.69, 9.17) is 23.1 Å². The maximum atomic E-state index is 5.96. The third kappa shape index (κ3) is 3.43. The highest BCUT2D eigenvalue weighted by atomic mass is 28.3. The van der Waals surface area contributed by atoms with Crippen molar-refractivity contribution in [3.63, 3.8) is 0 Å². The molecule has 5 nitrogen and oxygen atoms in total. The van der Waals surface area contributed by atoms with E-state index in [2.05, 4.69) is 13.8 Å². The Morgan fingerprint density at radius 3 is 2.10 bits per heavy atom. The molecular formula is C14H30O5Si. The number of ether oxygens (including phenoxy) is 3. The smallest absolute Gasteiger partial charge is 0.351 e. The fourth-order valence-electron chi connectivity index (χ4n) is 3.14. The van der Waals surface area contributed by atoms with Crippen LogP contribution in [0.3, 0.4) is 0 Å². The predicted octanol–water partition coefficient (Wildman–Crippen LogP) is 1.67. The molecule has 0 radical (unpaired) electrons. The molecule has 1 fully saturated rings. The van der Waals surface area contributed by atoms with Crippen LogP contribution in [0.2, 0.25) is 0 Å². The van der Waals surface area contributed by atoms with Crippen molar-refractivity contribution in [3.8, 4) is 0 Å². The van der Waals surface area contributed by atoms with Crippen molar-refractivity contribution < 1.29 is 23.1 Å². The van der Waals surface area contributed by atoms with Gasteiger partial charge in [-0.3, -0.25) is 0 Å². The van der Waals surface area contributed by atoms with Gasteiger partial charge in [-0.25, -0.2) is 0 Å². The minimum absolute atomic E-state index is 0.0210. The topological polar surface area (TPSA) is 46.2 Å². The summed E-state index contributed by atoms with van der Waals surface area (Å²) in [6, 6.07) is 0. The first-order valence-corrected chi connectivity index (χ1v) is 8.93. The summed E-state index contributed by atoms with van der Waals surface area (Å²) in [5, 5.41) is 0. The summed E-state index contributed by atoms with van der Waals surface area (Å²) in [6.07, 6.45) is 1.70. The van der Waals surface area contributed by atoms with Gasteiger partial charge in [-0.15, -0.1) is 0 Å². The quantitative estimate of drug-likeness (QED) is 0.575. The highest BCUT2D eigenvalue weighted by molar-refractivity contribution is 6.46. The van der Waals surface area contributed by atoms with Gasteiger partial charge in [0.05, 0.1) is 18.8 Å². The van der Waals surface area contributed by atoms with Crippen LogP contribution in [-0.2, 0) is 23.1 Å². The van der Waals surface area contributed by atoms with Gasteiger partial charge in [0.2, 0.25) is 0 Å². The van der Waals surface area contributed by atoms with E-state index in [-0.39, 0.29) is 16.7 Å². The average molecular weight is 306 g/mol. The Morgan fingerprint density at radius 1 is 1.20 bits per heavy atom. The largest absolute Gasteiger partial charge is 0.398 e. The molecular weight excluding hydrogens is 276 g/mol. The summed E-state index contributed by atoms with van der Waals surface area (Å²) in [5.41, 5.74) is -0.244. The molecule has 1 rings (SSSR count). The first-order valence-electron chi connectivity index (χ1n) is 7.32. The Bertz CT molecular complexity index is 275. The summed E-state index contributed by atoms with van der Waals surface area (Å²) < 4.78 is 28.3. The zero-order valence-electron chi connectivity index (χ0n) is 13.7. The van der Waals surface area contributed by atoms with Gasteiger partial charge in [-0.05, 0) is 13.3 Å². The molecule has 0 amide bonds. The molecule has 1 heterocycles.